The molecular weight excluding hydrogens is 344 g/mol. The molecular formula is C17H17ClN4O3. The van der Waals surface area contributed by atoms with Crippen LogP contribution in [0.4, 0.5) is 0 Å². The van der Waals surface area contributed by atoms with Crippen molar-refractivity contribution in [3.05, 3.63) is 53.1 Å². The Kier molecular flexibility index (Phi) is 4.59. The van der Waals surface area contributed by atoms with Gasteiger partial charge in [0.2, 0.25) is 0 Å². The highest BCUT2D eigenvalue weighted by Gasteiger charge is 2.40. The molecule has 1 aliphatic rings. The van der Waals surface area contributed by atoms with E-state index in [2.05, 4.69) is 15.1 Å². The molecule has 25 heavy (non-hydrogen) atoms. The Bertz CT molecular complexity index is 821. The molecule has 1 aromatic carbocycles. The zero-order chi connectivity index (χ0) is 18.0. The minimum Gasteiger partial charge on any atom is -0.497 e. The number of carbonyl (C=O) groups is 1. The second-order valence-corrected chi connectivity index (χ2v) is 6.28. The molecule has 3 rings (SSSR count). The van der Waals surface area contributed by atoms with E-state index < -0.39 is 5.60 Å². The van der Waals surface area contributed by atoms with Gasteiger partial charge in [0, 0.05) is 12.4 Å². The lowest BCUT2D eigenvalue weighted by Gasteiger charge is -2.34. The van der Waals surface area contributed by atoms with Crippen LogP contribution in [0.1, 0.15) is 25.1 Å². The van der Waals surface area contributed by atoms with Crippen LogP contribution in [-0.2, 0) is 16.1 Å². The zero-order valence-corrected chi connectivity index (χ0v) is 14.8. The number of carbonyl (C=O) groups excluding carboxylic acids is 1. The first-order valence-electron chi connectivity index (χ1n) is 7.60. The summed E-state index contributed by atoms with van der Waals surface area (Å²) in [5.41, 5.74) is 0.106. The molecule has 8 heteroatoms. The summed E-state index contributed by atoms with van der Waals surface area (Å²) in [7, 11) is 1.60. The minimum absolute atomic E-state index is 0.163. The van der Waals surface area contributed by atoms with Crippen LogP contribution < -0.4 is 4.74 Å². The van der Waals surface area contributed by atoms with E-state index >= 15 is 0 Å². The van der Waals surface area contributed by atoms with E-state index in [0.29, 0.717) is 5.69 Å². The van der Waals surface area contributed by atoms with Gasteiger partial charge in [-0.1, -0.05) is 23.7 Å². The Hall–Kier alpha value is -2.67. The van der Waals surface area contributed by atoms with E-state index in [9.17, 15) is 4.79 Å². The summed E-state index contributed by atoms with van der Waals surface area (Å²) in [5.74, 6) is 0.649. The third-order valence-corrected chi connectivity index (χ3v) is 3.94. The number of methoxy groups -OCH3 is 1. The zero-order valence-electron chi connectivity index (χ0n) is 14.1. The van der Waals surface area contributed by atoms with Crippen molar-refractivity contribution in [2.45, 2.75) is 26.0 Å². The molecule has 0 unspecified atom stereocenters. The van der Waals surface area contributed by atoms with Crippen molar-refractivity contribution in [2.75, 3.05) is 7.11 Å². The Morgan fingerprint density at radius 1 is 1.20 bits per heavy atom. The van der Waals surface area contributed by atoms with Crippen LogP contribution in [0.3, 0.4) is 0 Å². The summed E-state index contributed by atoms with van der Waals surface area (Å²) in [5, 5.41) is 5.80. The number of rotatable bonds is 4. The van der Waals surface area contributed by atoms with E-state index in [0.717, 1.165) is 11.3 Å². The monoisotopic (exact) mass is 360 g/mol. The van der Waals surface area contributed by atoms with Crippen molar-refractivity contribution in [3.63, 3.8) is 0 Å². The first kappa shape index (κ1) is 17.2. The van der Waals surface area contributed by atoms with Crippen LogP contribution in [-0.4, -0.2) is 39.5 Å². The standard InChI is InChI=1S/C17H17ClN4O3/c1-17(2)16(23)22(10-11-4-6-12(24-3)7-5-11)21-15(25-17)13-14(18)20-9-8-19-13/h4-9H,10H2,1-3H3. The van der Waals surface area contributed by atoms with Crippen molar-refractivity contribution in [3.8, 4) is 5.75 Å². The number of benzene rings is 1. The summed E-state index contributed by atoms with van der Waals surface area (Å²) < 4.78 is 10.9. The predicted octanol–water partition coefficient (Wildman–Crippen LogP) is 2.64. The number of hydrazone groups is 1. The van der Waals surface area contributed by atoms with E-state index in [1.165, 1.54) is 17.4 Å². The lowest BCUT2D eigenvalue weighted by molar-refractivity contribution is -0.150. The van der Waals surface area contributed by atoms with Crippen molar-refractivity contribution in [1.29, 1.82) is 0 Å². The molecule has 1 amide bonds. The van der Waals surface area contributed by atoms with Crippen LogP contribution in [0.25, 0.3) is 0 Å². The Morgan fingerprint density at radius 2 is 1.88 bits per heavy atom. The summed E-state index contributed by atoms with van der Waals surface area (Å²) in [4.78, 5) is 20.8. The molecule has 0 saturated heterocycles. The van der Waals surface area contributed by atoms with Gasteiger partial charge in [-0.05, 0) is 31.5 Å². The number of amides is 1. The average Bonchev–Trinajstić information content (AvgIpc) is 2.60. The van der Waals surface area contributed by atoms with Crippen LogP contribution in [0.5, 0.6) is 5.75 Å². The first-order chi connectivity index (χ1) is 11.9. The molecule has 1 aromatic heterocycles. The Morgan fingerprint density at radius 3 is 2.52 bits per heavy atom. The molecule has 0 atom stereocenters. The third kappa shape index (κ3) is 3.56. The molecule has 0 radical (unpaired) electrons. The summed E-state index contributed by atoms with van der Waals surface area (Å²) >= 11 is 6.08. The van der Waals surface area contributed by atoms with Gasteiger partial charge < -0.3 is 9.47 Å². The summed E-state index contributed by atoms with van der Waals surface area (Å²) in [6.07, 6.45) is 2.96. The molecule has 1 aliphatic heterocycles. The maximum Gasteiger partial charge on any atom is 0.286 e. The van der Waals surface area contributed by atoms with Crippen LogP contribution in [0.15, 0.2) is 41.8 Å². The first-order valence-corrected chi connectivity index (χ1v) is 7.98. The van der Waals surface area contributed by atoms with Crippen molar-refractivity contribution < 1.29 is 14.3 Å². The smallest absolute Gasteiger partial charge is 0.286 e. The van der Waals surface area contributed by atoms with Gasteiger partial charge in [0.1, 0.15) is 5.75 Å². The van der Waals surface area contributed by atoms with Gasteiger partial charge in [-0.2, -0.15) is 0 Å². The van der Waals surface area contributed by atoms with E-state index in [1.807, 2.05) is 24.3 Å². The van der Waals surface area contributed by atoms with Crippen molar-refractivity contribution >= 4 is 23.4 Å². The molecule has 130 valence electrons. The maximum absolute atomic E-state index is 12.6. The van der Waals surface area contributed by atoms with Gasteiger partial charge in [0.05, 0.1) is 13.7 Å². The topological polar surface area (TPSA) is 76.9 Å². The number of aromatic nitrogens is 2. The molecule has 0 bridgehead atoms. The molecule has 0 fully saturated rings. The van der Waals surface area contributed by atoms with Gasteiger partial charge in [-0.3, -0.25) is 4.79 Å². The quantitative estimate of drug-likeness (QED) is 0.837. The van der Waals surface area contributed by atoms with Crippen molar-refractivity contribution in [2.24, 2.45) is 5.10 Å². The number of hydrogen-bond donors (Lipinski definition) is 0. The lowest BCUT2D eigenvalue weighted by Crippen LogP contribution is -2.50. The fraction of sp³-hybridized carbons (Fsp3) is 0.294. The number of hydrogen-bond acceptors (Lipinski definition) is 6. The molecule has 0 spiro atoms. The molecule has 7 nitrogen and oxygen atoms in total. The normalized spacial score (nSPS) is 16.2. The van der Waals surface area contributed by atoms with E-state index in [-0.39, 0.29) is 23.5 Å². The van der Waals surface area contributed by atoms with Gasteiger partial charge in [0.25, 0.3) is 11.8 Å². The predicted molar refractivity (Wildman–Crippen MR) is 92.3 cm³/mol. The van der Waals surface area contributed by atoms with Crippen molar-refractivity contribution in [1.82, 2.24) is 15.0 Å². The second-order valence-electron chi connectivity index (χ2n) is 5.92. The number of nitrogens with zero attached hydrogens (tertiary/aromatic N) is 4. The van der Waals surface area contributed by atoms with Gasteiger partial charge in [0.15, 0.2) is 16.4 Å². The Labute approximate surface area is 150 Å². The summed E-state index contributed by atoms with van der Waals surface area (Å²) in [6, 6.07) is 7.41. The fourth-order valence-corrected chi connectivity index (χ4v) is 2.53. The molecule has 2 aromatic rings. The Balaban J connectivity index is 1.93. The maximum atomic E-state index is 12.6. The van der Waals surface area contributed by atoms with Crippen LogP contribution in [0.2, 0.25) is 5.15 Å². The minimum atomic E-state index is -1.09. The van der Waals surface area contributed by atoms with Crippen LogP contribution in [0, 0.1) is 0 Å². The lowest BCUT2D eigenvalue weighted by atomic mass is 10.1. The third-order valence-electron chi connectivity index (χ3n) is 3.66. The highest BCUT2D eigenvalue weighted by atomic mass is 35.5. The molecule has 0 aliphatic carbocycles. The SMILES string of the molecule is COc1ccc(CN2N=C(c3nccnc3Cl)OC(C)(C)C2=O)cc1. The average molecular weight is 361 g/mol. The molecule has 0 saturated carbocycles. The van der Waals surface area contributed by atoms with Crippen LogP contribution >= 0.6 is 11.6 Å². The largest absolute Gasteiger partial charge is 0.497 e. The molecule has 2 heterocycles. The van der Waals surface area contributed by atoms with Gasteiger partial charge in [-0.25, -0.2) is 15.0 Å². The number of halogens is 1. The highest BCUT2D eigenvalue weighted by molar-refractivity contribution is 6.32. The van der Waals surface area contributed by atoms with E-state index in [4.69, 9.17) is 21.1 Å². The van der Waals surface area contributed by atoms with Gasteiger partial charge in [-0.15, -0.1) is 5.10 Å². The van der Waals surface area contributed by atoms with E-state index in [1.54, 1.807) is 21.0 Å². The second kappa shape index (κ2) is 6.68. The molecule has 0 N–H and O–H groups in total. The van der Waals surface area contributed by atoms with Gasteiger partial charge >= 0.3 is 0 Å². The summed E-state index contributed by atoms with van der Waals surface area (Å²) in [6.45, 7) is 3.64. The fourth-order valence-electron chi connectivity index (χ4n) is 2.34. The highest BCUT2D eigenvalue weighted by Crippen LogP contribution is 2.25. The number of ether oxygens (including phenoxy) is 2.